The van der Waals surface area contributed by atoms with E-state index in [1.165, 1.54) is 0 Å². The number of benzene rings is 1. The molecule has 0 unspecified atom stereocenters. The molecule has 1 N–H and O–H groups in total. The number of likely N-dealkylation sites (tertiary alicyclic amines) is 1. The fourth-order valence-electron chi connectivity index (χ4n) is 3.59. The van der Waals surface area contributed by atoms with Gasteiger partial charge < -0.3 is 15.0 Å². The van der Waals surface area contributed by atoms with E-state index in [1.54, 1.807) is 17.4 Å². The minimum Gasteiger partial charge on any atom is -0.483 e. The van der Waals surface area contributed by atoms with Crippen molar-refractivity contribution in [3.63, 3.8) is 0 Å². The molecule has 0 bridgehead atoms. The summed E-state index contributed by atoms with van der Waals surface area (Å²) in [6, 6.07) is 9.22. The van der Waals surface area contributed by atoms with Crippen molar-refractivity contribution in [2.75, 3.05) is 19.6 Å². The van der Waals surface area contributed by atoms with Crippen LogP contribution in [0.5, 0.6) is 5.75 Å². The lowest BCUT2D eigenvalue weighted by Crippen LogP contribution is -2.57. The maximum Gasteiger partial charge on any atom is 0.255 e. The minimum absolute atomic E-state index is 0.0379. The van der Waals surface area contributed by atoms with Crippen molar-refractivity contribution in [2.45, 2.75) is 25.4 Å². The number of fused-ring (bicyclic) bond motifs is 1. The third-order valence-electron chi connectivity index (χ3n) is 4.83. The molecule has 1 aromatic heterocycles. The van der Waals surface area contributed by atoms with Crippen LogP contribution in [0.1, 0.15) is 38.4 Å². The van der Waals surface area contributed by atoms with Crippen LogP contribution in [0.4, 0.5) is 0 Å². The Balaban J connectivity index is 1.60. The zero-order chi connectivity index (χ0) is 17.4. The van der Waals surface area contributed by atoms with Crippen LogP contribution >= 0.6 is 11.3 Å². The average molecular weight is 356 g/mol. The van der Waals surface area contributed by atoms with E-state index >= 15 is 0 Å². The highest BCUT2D eigenvalue weighted by atomic mass is 32.1. The number of ether oxygens (including phenoxy) is 1. The lowest BCUT2D eigenvalue weighted by atomic mass is 9.92. The topological polar surface area (TPSA) is 58.6 Å². The fourth-order valence-corrected chi connectivity index (χ4v) is 4.26. The molecule has 130 valence electrons. The number of piperidine rings is 1. The van der Waals surface area contributed by atoms with Crippen molar-refractivity contribution in [3.05, 3.63) is 51.7 Å². The summed E-state index contributed by atoms with van der Waals surface area (Å²) < 4.78 is 6.30. The Morgan fingerprint density at radius 2 is 2.20 bits per heavy atom. The first kappa shape index (κ1) is 16.1. The van der Waals surface area contributed by atoms with Crippen molar-refractivity contribution in [2.24, 2.45) is 0 Å². The molecule has 1 spiro atoms. The quantitative estimate of drug-likeness (QED) is 0.855. The Bertz CT molecular complexity index is 832. The van der Waals surface area contributed by atoms with Gasteiger partial charge in [-0.1, -0.05) is 12.1 Å². The van der Waals surface area contributed by atoms with Crippen molar-refractivity contribution in [1.82, 2.24) is 10.2 Å². The number of aryl methyl sites for hydroxylation is 1. The number of hydrogen-bond acceptors (Lipinski definition) is 4. The van der Waals surface area contributed by atoms with Gasteiger partial charge in [-0.3, -0.25) is 9.59 Å². The van der Waals surface area contributed by atoms with Gasteiger partial charge >= 0.3 is 0 Å². The first-order valence-corrected chi connectivity index (χ1v) is 9.35. The molecule has 0 radical (unpaired) electrons. The Morgan fingerprint density at radius 3 is 3.00 bits per heavy atom. The first-order chi connectivity index (χ1) is 12.1. The van der Waals surface area contributed by atoms with E-state index in [2.05, 4.69) is 5.32 Å². The highest BCUT2D eigenvalue weighted by Crippen LogP contribution is 2.32. The lowest BCUT2D eigenvalue weighted by Gasteiger charge is -2.42. The summed E-state index contributed by atoms with van der Waals surface area (Å²) in [7, 11) is 0. The Hall–Kier alpha value is -2.34. The molecule has 2 aliphatic rings. The molecular formula is C19H20N2O3S. The molecule has 0 aliphatic carbocycles. The van der Waals surface area contributed by atoms with E-state index in [-0.39, 0.29) is 11.8 Å². The molecule has 25 heavy (non-hydrogen) atoms. The summed E-state index contributed by atoms with van der Waals surface area (Å²) in [4.78, 5) is 28.1. The molecule has 1 atom stereocenters. The summed E-state index contributed by atoms with van der Waals surface area (Å²) in [6.45, 7) is 3.61. The number of amides is 2. The van der Waals surface area contributed by atoms with Gasteiger partial charge in [0.1, 0.15) is 11.4 Å². The molecule has 1 aromatic carbocycles. The monoisotopic (exact) mass is 356 g/mol. The summed E-state index contributed by atoms with van der Waals surface area (Å²) in [6.07, 6.45) is 1.67. The molecule has 1 fully saturated rings. The van der Waals surface area contributed by atoms with Crippen LogP contribution in [-0.4, -0.2) is 41.9 Å². The maximum absolute atomic E-state index is 12.8. The SMILES string of the molecule is Cc1cc(C(=O)N2CCC[C@@]3(CNC(=O)c4ccccc4O3)C2)cs1. The largest absolute Gasteiger partial charge is 0.483 e. The van der Waals surface area contributed by atoms with Gasteiger partial charge in [0.15, 0.2) is 0 Å². The van der Waals surface area contributed by atoms with Crippen LogP contribution in [0.3, 0.4) is 0 Å². The molecule has 2 aliphatic heterocycles. The number of thiophene rings is 1. The van der Waals surface area contributed by atoms with Gasteiger partial charge in [0.05, 0.1) is 24.2 Å². The number of nitrogens with zero attached hydrogens (tertiary/aromatic N) is 1. The van der Waals surface area contributed by atoms with E-state index in [9.17, 15) is 9.59 Å². The number of hydrogen-bond donors (Lipinski definition) is 1. The highest BCUT2D eigenvalue weighted by molar-refractivity contribution is 7.10. The fraction of sp³-hybridized carbons (Fsp3) is 0.368. The third kappa shape index (κ3) is 3.02. The van der Waals surface area contributed by atoms with E-state index < -0.39 is 5.60 Å². The van der Waals surface area contributed by atoms with Gasteiger partial charge in [-0.25, -0.2) is 0 Å². The van der Waals surface area contributed by atoms with Gasteiger partial charge in [-0.2, -0.15) is 0 Å². The summed E-state index contributed by atoms with van der Waals surface area (Å²) in [5.74, 6) is 0.512. The summed E-state index contributed by atoms with van der Waals surface area (Å²) in [5, 5.41) is 4.87. The molecule has 6 heteroatoms. The first-order valence-electron chi connectivity index (χ1n) is 8.47. The Kier molecular flexibility index (Phi) is 4.00. The third-order valence-corrected chi connectivity index (χ3v) is 5.69. The molecule has 0 saturated carbocycles. The minimum atomic E-state index is -0.568. The number of carbonyl (C=O) groups excluding carboxylic acids is 2. The smallest absolute Gasteiger partial charge is 0.255 e. The molecule has 2 amide bonds. The van der Waals surface area contributed by atoms with Gasteiger partial charge in [0.2, 0.25) is 0 Å². The second kappa shape index (κ2) is 6.19. The molecular weight excluding hydrogens is 336 g/mol. The molecule has 5 nitrogen and oxygen atoms in total. The highest BCUT2D eigenvalue weighted by Gasteiger charge is 2.42. The van der Waals surface area contributed by atoms with Crippen molar-refractivity contribution < 1.29 is 14.3 Å². The summed E-state index contributed by atoms with van der Waals surface area (Å²) in [5.41, 5.74) is 0.718. The van der Waals surface area contributed by atoms with E-state index in [0.29, 0.717) is 30.9 Å². The van der Waals surface area contributed by atoms with Crippen molar-refractivity contribution in [3.8, 4) is 5.75 Å². The van der Waals surface area contributed by atoms with Crippen LogP contribution < -0.4 is 10.1 Å². The molecule has 2 aromatic rings. The zero-order valence-corrected chi connectivity index (χ0v) is 14.9. The Labute approximate surface area is 150 Å². The second-order valence-corrected chi connectivity index (χ2v) is 7.86. The standard InChI is InChI=1S/C19H20N2O3S/c1-13-9-14(10-25-13)18(23)21-8-4-7-19(12-21)11-20-17(22)15-5-2-3-6-16(15)24-19/h2-3,5-6,9-10H,4,7-8,11-12H2,1H3,(H,20,22)/t19-/m1/s1. The van der Waals surface area contributed by atoms with Crippen LogP contribution in [0.15, 0.2) is 35.7 Å². The van der Waals surface area contributed by atoms with Crippen molar-refractivity contribution >= 4 is 23.2 Å². The van der Waals surface area contributed by atoms with Crippen LogP contribution in [-0.2, 0) is 0 Å². The van der Waals surface area contributed by atoms with Gasteiger partial charge in [0.25, 0.3) is 11.8 Å². The Morgan fingerprint density at radius 1 is 1.36 bits per heavy atom. The average Bonchev–Trinajstić information content (AvgIpc) is 3.01. The molecule has 3 heterocycles. The van der Waals surface area contributed by atoms with Gasteiger partial charge in [0, 0.05) is 16.8 Å². The molecule has 4 rings (SSSR count). The predicted molar refractivity (Wildman–Crippen MR) is 96.3 cm³/mol. The van der Waals surface area contributed by atoms with Crippen LogP contribution in [0.2, 0.25) is 0 Å². The molecule has 1 saturated heterocycles. The summed E-state index contributed by atoms with van der Waals surface area (Å²) >= 11 is 1.58. The number of carbonyl (C=O) groups is 2. The van der Waals surface area contributed by atoms with Crippen molar-refractivity contribution in [1.29, 1.82) is 0 Å². The number of para-hydroxylation sites is 1. The van der Waals surface area contributed by atoms with Gasteiger partial charge in [-0.05, 0) is 38.0 Å². The van der Waals surface area contributed by atoms with E-state index in [1.807, 2.05) is 41.5 Å². The lowest BCUT2D eigenvalue weighted by molar-refractivity contribution is -0.000839. The number of nitrogens with one attached hydrogen (secondary N) is 1. The number of rotatable bonds is 1. The zero-order valence-electron chi connectivity index (χ0n) is 14.1. The second-order valence-electron chi connectivity index (χ2n) is 6.74. The van der Waals surface area contributed by atoms with Crippen LogP contribution in [0, 0.1) is 6.92 Å². The predicted octanol–water partition coefficient (Wildman–Crippen LogP) is 2.85. The van der Waals surface area contributed by atoms with E-state index in [0.717, 1.165) is 23.3 Å². The normalized spacial score (nSPS) is 22.8. The van der Waals surface area contributed by atoms with E-state index in [4.69, 9.17) is 4.74 Å². The maximum atomic E-state index is 12.8. The van der Waals surface area contributed by atoms with Gasteiger partial charge in [-0.15, -0.1) is 11.3 Å². The van der Waals surface area contributed by atoms with Crippen LogP contribution in [0.25, 0.3) is 0 Å².